The maximum atomic E-state index is 13.2. The first-order valence-corrected chi connectivity index (χ1v) is 8.01. The van der Waals surface area contributed by atoms with Crippen LogP contribution < -0.4 is 4.72 Å². The molecule has 2 rings (SSSR count). The predicted octanol–water partition coefficient (Wildman–Crippen LogP) is 2.80. The van der Waals surface area contributed by atoms with Gasteiger partial charge in [0, 0.05) is 18.5 Å². The van der Waals surface area contributed by atoms with E-state index in [0.717, 1.165) is 12.1 Å². The van der Waals surface area contributed by atoms with Gasteiger partial charge in [-0.3, -0.25) is 9.40 Å². The van der Waals surface area contributed by atoms with Gasteiger partial charge in [0.1, 0.15) is 5.82 Å². The van der Waals surface area contributed by atoms with Gasteiger partial charge in [0.05, 0.1) is 10.6 Å². The van der Waals surface area contributed by atoms with E-state index in [-0.39, 0.29) is 16.1 Å². The first-order chi connectivity index (χ1) is 10.0. The van der Waals surface area contributed by atoms with Crippen LogP contribution in [0.15, 0.2) is 29.2 Å². The zero-order valence-electron chi connectivity index (χ0n) is 12.7. The summed E-state index contributed by atoms with van der Waals surface area (Å²) in [6, 6.07) is 4.02. The molecule has 0 fully saturated rings. The first-order valence-electron chi connectivity index (χ1n) is 6.53. The molecule has 120 valence electrons. The van der Waals surface area contributed by atoms with Gasteiger partial charge in [0.25, 0.3) is 10.0 Å². The van der Waals surface area contributed by atoms with E-state index in [1.165, 1.54) is 4.68 Å². The summed E-state index contributed by atoms with van der Waals surface area (Å²) in [6.07, 6.45) is 0. The number of hydrogen-bond acceptors (Lipinski definition) is 3. The number of hydrogen-bond donors (Lipinski definition) is 1. The van der Waals surface area contributed by atoms with Crippen molar-refractivity contribution in [2.45, 2.75) is 31.1 Å². The zero-order chi connectivity index (χ0) is 16.7. The molecule has 1 heterocycles. The van der Waals surface area contributed by atoms with Gasteiger partial charge in [0.2, 0.25) is 0 Å². The highest BCUT2D eigenvalue weighted by Crippen LogP contribution is 2.25. The molecular weight excluding hydrogens is 312 g/mol. The predicted molar refractivity (Wildman–Crippen MR) is 79.1 cm³/mol. The molecule has 0 aliphatic carbocycles. The van der Waals surface area contributed by atoms with Gasteiger partial charge in [0.15, 0.2) is 11.6 Å². The molecule has 0 radical (unpaired) electrons. The Kier molecular flexibility index (Phi) is 3.99. The Morgan fingerprint density at radius 1 is 1.14 bits per heavy atom. The Morgan fingerprint density at radius 2 is 1.77 bits per heavy atom. The Bertz CT molecular complexity index is 808. The van der Waals surface area contributed by atoms with E-state index < -0.39 is 21.7 Å². The van der Waals surface area contributed by atoms with Crippen LogP contribution in [0, 0.1) is 11.6 Å². The number of halogens is 2. The summed E-state index contributed by atoms with van der Waals surface area (Å²) < 4.78 is 54.3. The standard InChI is InChI=1S/C14H17F2N3O2S/c1-14(2,3)12-8-13(19(4)17-12)18-22(20,21)9-5-6-10(15)11(16)7-9/h5-8,18H,1-4H3. The van der Waals surface area contributed by atoms with Gasteiger partial charge >= 0.3 is 0 Å². The van der Waals surface area contributed by atoms with Crippen LogP contribution in [0.2, 0.25) is 0 Å². The number of benzene rings is 1. The molecule has 5 nitrogen and oxygen atoms in total. The molecule has 0 bridgehead atoms. The minimum Gasteiger partial charge on any atom is -0.264 e. The summed E-state index contributed by atoms with van der Waals surface area (Å²) in [5.74, 6) is -2.08. The molecule has 8 heteroatoms. The highest BCUT2D eigenvalue weighted by atomic mass is 32.2. The highest BCUT2D eigenvalue weighted by Gasteiger charge is 2.22. The van der Waals surface area contributed by atoms with E-state index in [1.54, 1.807) is 13.1 Å². The fourth-order valence-corrected chi connectivity index (χ4v) is 2.86. The summed E-state index contributed by atoms with van der Waals surface area (Å²) in [4.78, 5) is -0.357. The molecule has 0 atom stereocenters. The van der Waals surface area contributed by atoms with Crippen LogP contribution >= 0.6 is 0 Å². The van der Waals surface area contributed by atoms with Crippen molar-refractivity contribution in [2.24, 2.45) is 7.05 Å². The average molecular weight is 329 g/mol. The second-order valence-corrected chi connectivity index (χ2v) is 7.65. The van der Waals surface area contributed by atoms with Crippen LogP contribution in [-0.2, 0) is 22.5 Å². The van der Waals surface area contributed by atoms with Crippen LogP contribution in [0.5, 0.6) is 0 Å². The van der Waals surface area contributed by atoms with Gasteiger partial charge in [-0.25, -0.2) is 17.2 Å². The van der Waals surface area contributed by atoms with Crippen molar-refractivity contribution < 1.29 is 17.2 Å². The second kappa shape index (κ2) is 5.35. The topological polar surface area (TPSA) is 64.0 Å². The molecule has 0 unspecified atom stereocenters. The second-order valence-electron chi connectivity index (χ2n) is 5.97. The summed E-state index contributed by atoms with van der Waals surface area (Å²) >= 11 is 0. The van der Waals surface area contributed by atoms with Crippen molar-refractivity contribution in [3.05, 3.63) is 41.6 Å². The van der Waals surface area contributed by atoms with Crippen molar-refractivity contribution in [2.75, 3.05) is 4.72 Å². The number of nitrogens with zero attached hydrogens (tertiary/aromatic N) is 2. The zero-order valence-corrected chi connectivity index (χ0v) is 13.5. The maximum absolute atomic E-state index is 13.2. The molecule has 0 aliphatic heterocycles. The molecule has 1 aromatic carbocycles. The number of aryl methyl sites for hydroxylation is 1. The van der Waals surface area contributed by atoms with E-state index in [4.69, 9.17) is 0 Å². The van der Waals surface area contributed by atoms with Gasteiger partial charge < -0.3 is 0 Å². The van der Waals surface area contributed by atoms with E-state index >= 15 is 0 Å². The molecular formula is C14H17F2N3O2S. The Morgan fingerprint density at radius 3 is 2.27 bits per heavy atom. The Balaban J connectivity index is 2.37. The van der Waals surface area contributed by atoms with E-state index in [0.29, 0.717) is 11.8 Å². The van der Waals surface area contributed by atoms with Gasteiger partial charge in [-0.15, -0.1) is 0 Å². The van der Waals surface area contributed by atoms with Crippen LogP contribution in [0.3, 0.4) is 0 Å². The smallest absolute Gasteiger partial charge is 0.263 e. The van der Waals surface area contributed by atoms with Crippen molar-refractivity contribution in [3.8, 4) is 0 Å². The average Bonchev–Trinajstić information content (AvgIpc) is 2.73. The lowest BCUT2D eigenvalue weighted by Gasteiger charge is -2.13. The molecule has 2 aromatic rings. The summed E-state index contributed by atoms with van der Waals surface area (Å²) in [5.41, 5.74) is 0.460. The fraction of sp³-hybridized carbons (Fsp3) is 0.357. The molecule has 0 aliphatic rings. The monoisotopic (exact) mass is 329 g/mol. The fourth-order valence-electron chi connectivity index (χ4n) is 1.77. The van der Waals surface area contributed by atoms with E-state index in [1.807, 2.05) is 20.8 Å². The molecule has 1 aromatic heterocycles. The summed E-state index contributed by atoms with van der Waals surface area (Å²) in [7, 11) is -2.43. The largest absolute Gasteiger partial charge is 0.264 e. The van der Waals surface area contributed by atoms with E-state index in [2.05, 4.69) is 9.82 Å². The number of nitrogens with one attached hydrogen (secondary N) is 1. The number of anilines is 1. The summed E-state index contributed by atoms with van der Waals surface area (Å²) in [5, 5.41) is 4.25. The highest BCUT2D eigenvalue weighted by molar-refractivity contribution is 7.92. The summed E-state index contributed by atoms with van der Waals surface area (Å²) in [6.45, 7) is 5.84. The Hall–Kier alpha value is -1.96. The molecule has 0 saturated heterocycles. The molecule has 0 saturated carbocycles. The SMILES string of the molecule is Cn1nc(C(C)(C)C)cc1NS(=O)(=O)c1ccc(F)c(F)c1. The lowest BCUT2D eigenvalue weighted by atomic mass is 9.92. The van der Waals surface area contributed by atoms with Crippen molar-refractivity contribution in [3.63, 3.8) is 0 Å². The van der Waals surface area contributed by atoms with Crippen molar-refractivity contribution >= 4 is 15.8 Å². The first kappa shape index (κ1) is 16.4. The van der Waals surface area contributed by atoms with Crippen molar-refractivity contribution in [1.82, 2.24) is 9.78 Å². The third-order valence-electron chi connectivity index (χ3n) is 3.09. The van der Waals surface area contributed by atoms with Crippen LogP contribution in [0.1, 0.15) is 26.5 Å². The van der Waals surface area contributed by atoms with Crippen molar-refractivity contribution in [1.29, 1.82) is 0 Å². The van der Waals surface area contributed by atoms with Crippen LogP contribution in [0.4, 0.5) is 14.6 Å². The lowest BCUT2D eigenvalue weighted by molar-refractivity contribution is 0.504. The van der Waals surface area contributed by atoms with Crippen LogP contribution in [0.25, 0.3) is 0 Å². The van der Waals surface area contributed by atoms with E-state index in [9.17, 15) is 17.2 Å². The molecule has 0 spiro atoms. The number of aromatic nitrogens is 2. The third kappa shape index (κ3) is 3.27. The maximum Gasteiger partial charge on any atom is 0.263 e. The Labute approximate surface area is 128 Å². The molecule has 22 heavy (non-hydrogen) atoms. The quantitative estimate of drug-likeness (QED) is 0.942. The van der Waals surface area contributed by atoms with Gasteiger partial charge in [-0.05, 0) is 18.2 Å². The van der Waals surface area contributed by atoms with Crippen LogP contribution in [-0.4, -0.2) is 18.2 Å². The minimum atomic E-state index is -4.02. The number of sulfonamides is 1. The minimum absolute atomic E-state index is 0.245. The lowest BCUT2D eigenvalue weighted by Crippen LogP contribution is -2.15. The van der Waals surface area contributed by atoms with Gasteiger partial charge in [-0.2, -0.15) is 5.10 Å². The third-order valence-corrected chi connectivity index (χ3v) is 4.44. The molecule has 1 N–H and O–H groups in total. The van der Waals surface area contributed by atoms with Gasteiger partial charge in [-0.1, -0.05) is 20.8 Å². The normalized spacial score (nSPS) is 12.5. The number of rotatable bonds is 3. The molecule has 0 amide bonds.